The third-order valence-corrected chi connectivity index (χ3v) is 5.30. The molecule has 0 radical (unpaired) electrons. The summed E-state index contributed by atoms with van der Waals surface area (Å²) in [6.07, 6.45) is 2.12. The number of thiazole rings is 1. The zero-order valence-corrected chi connectivity index (χ0v) is 15.5. The predicted octanol–water partition coefficient (Wildman–Crippen LogP) is 5.58. The van der Waals surface area contributed by atoms with Gasteiger partial charge in [-0.3, -0.25) is 0 Å². The highest BCUT2D eigenvalue weighted by molar-refractivity contribution is 7.11. The lowest BCUT2D eigenvalue weighted by molar-refractivity contribution is 0.922. The normalized spacial score (nSPS) is 12.0. The van der Waals surface area contributed by atoms with E-state index in [1.54, 1.807) is 11.3 Å². The van der Waals surface area contributed by atoms with Crippen LogP contribution in [0.2, 0.25) is 5.02 Å². The molecule has 0 fully saturated rings. The molecule has 0 amide bonds. The molecule has 0 bridgehead atoms. The molecule has 4 rings (SSSR count). The van der Waals surface area contributed by atoms with Gasteiger partial charge in [0, 0.05) is 23.1 Å². The summed E-state index contributed by atoms with van der Waals surface area (Å²) in [5.74, 6) is 0.908. The van der Waals surface area contributed by atoms with E-state index in [1.807, 2.05) is 56.4 Å². The van der Waals surface area contributed by atoms with Gasteiger partial charge in [0.1, 0.15) is 10.8 Å². The first-order valence-corrected chi connectivity index (χ1v) is 9.19. The molecule has 5 heteroatoms. The standard InChI is InChI=1S/C20H16ClN3S/c1-13-12-25-20(22-13)16(11-14-7-9-15(21)10-8-14)19-23-17-5-3-4-6-18(17)24(19)2/h3-12H,1-2H3/b16-11-. The van der Waals surface area contributed by atoms with Crippen LogP contribution in [0.3, 0.4) is 0 Å². The second kappa shape index (κ2) is 6.47. The van der Waals surface area contributed by atoms with Crippen molar-refractivity contribution in [2.24, 2.45) is 7.05 Å². The van der Waals surface area contributed by atoms with Crippen molar-refractivity contribution in [3.63, 3.8) is 0 Å². The summed E-state index contributed by atoms with van der Waals surface area (Å²) in [5.41, 5.74) is 5.18. The zero-order valence-electron chi connectivity index (χ0n) is 13.9. The highest BCUT2D eigenvalue weighted by Crippen LogP contribution is 2.30. The van der Waals surface area contributed by atoms with Crippen molar-refractivity contribution in [2.75, 3.05) is 0 Å². The van der Waals surface area contributed by atoms with Crippen molar-refractivity contribution in [2.45, 2.75) is 6.92 Å². The van der Waals surface area contributed by atoms with Crippen LogP contribution < -0.4 is 0 Å². The van der Waals surface area contributed by atoms with Crippen molar-refractivity contribution in [1.29, 1.82) is 0 Å². The van der Waals surface area contributed by atoms with Crippen molar-refractivity contribution in [1.82, 2.24) is 14.5 Å². The van der Waals surface area contributed by atoms with Gasteiger partial charge in [0.25, 0.3) is 0 Å². The molecule has 25 heavy (non-hydrogen) atoms. The molecule has 0 aliphatic carbocycles. The SMILES string of the molecule is Cc1csc(/C(=C\c2ccc(Cl)cc2)c2nc3ccccc3n2C)n1. The molecular weight excluding hydrogens is 350 g/mol. The number of aryl methyl sites for hydroxylation is 2. The van der Waals surface area contributed by atoms with Gasteiger partial charge in [-0.1, -0.05) is 35.9 Å². The molecule has 0 aliphatic heterocycles. The molecule has 0 saturated heterocycles. The lowest BCUT2D eigenvalue weighted by atomic mass is 10.1. The second-order valence-corrected chi connectivity index (χ2v) is 7.18. The Bertz CT molecular complexity index is 1070. The summed E-state index contributed by atoms with van der Waals surface area (Å²) in [4.78, 5) is 9.53. The highest BCUT2D eigenvalue weighted by Gasteiger charge is 2.16. The van der Waals surface area contributed by atoms with Crippen LogP contribution in [0.4, 0.5) is 0 Å². The third kappa shape index (κ3) is 3.11. The lowest BCUT2D eigenvalue weighted by Crippen LogP contribution is -1.99. The first-order valence-electron chi connectivity index (χ1n) is 7.93. The van der Waals surface area contributed by atoms with Crippen molar-refractivity contribution in [3.8, 4) is 0 Å². The topological polar surface area (TPSA) is 30.7 Å². The summed E-state index contributed by atoms with van der Waals surface area (Å²) in [5, 5.41) is 3.76. The number of halogens is 1. The molecule has 0 aliphatic rings. The number of benzene rings is 2. The van der Waals surface area contributed by atoms with E-state index in [-0.39, 0.29) is 0 Å². The molecule has 2 heterocycles. The summed E-state index contributed by atoms with van der Waals surface area (Å²) in [7, 11) is 2.04. The van der Waals surface area contributed by atoms with Crippen LogP contribution in [0, 0.1) is 6.92 Å². The Morgan fingerprint density at radius 1 is 1.08 bits per heavy atom. The smallest absolute Gasteiger partial charge is 0.143 e. The highest BCUT2D eigenvalue weighted by atomic mass is 35.5. The molecule has 2 aromatic heterocycles. The fourth-order valence-corrected chi connectivity index (χ4v) is 3.75. The fourth-order valence-electron chi connectivity index (χ4n) is 2.81. The summed E-state index contributed by atoms with van der Waals surface area (Å²) < 4.78 is 2.12. The Morgan fingerprint density at radius 2 is 1.84 bits per heavy atom. The van der Waals surface area contributed by atoms with E-state index in [2.05, 4.69) is 27.1 Å². The van der Waals surface area contributed by atoms with E-state index in [9.17, 15) is 0 Å². The van der Waals surface area contributed by atoms with Crippen LogP contribution in [0.5, 0.6) is 0 Å². The molecule has 2 aromatic carbocycles. The average Bonchev–Trinajstić information content (AvgIpc) is 3.19. The van der Waals surface area contributed by atoms with Crippen molar-refractivity contribution in [3.05, 3.63) is 81.0 Å². The van der Waals surface area contributed by atoms with Gasteiger partial charge in [-0.25, -0.2) is 9.97 Å². The molecule has 0 spiro atoms. The molecule has 124 valence electrons. The lowest BCUT2D eigenvalue weighted by Gasteiger charge is -2.06. The Balaban J connectivity index is 1.93. The second-order valence-electron chi connectivity index (χ2n) is 5.89. The number of imidazole rings is 1. The van der Waals surface area contributed by atoms with Crippen molar-refractivity contribution < 1.29 is 0 Å². The van der Waals surface area contributed by atoms with Crippen LogP contribution in [0.25, 0.3) is 22.7 Å². The molecular formula is C20H16ClN3S. The van der Waals surface area contributed by atoms with Gasteiger partial charge in [-0.15, -0.1) is 11.3 Å². The van der Waals surface area contributed by atoms with Crippen molar-refractivity contribution >= 4 is 45.6 Å². The number of hydrogen-bond donors (Lipinski definition) is 0. The first kappa shape index (κ1) is 16.1. The molecule has 0 unspecified atom stereocenters. The van der Waals surface area contributed by atoms with Crippen LogP contribution in [0.1, 0.15) is 22.1 Å². The van der Waals surface area contributed by atoms with Gasteiger partial charge < -0.3 is 4.57 Å². The van der Waals surface area contributed by atoms with E-state index in [4.69, 9.17) is 16.6 Å². The maximum absolute atomic E-state index is 6.02. The minimum absolute atomic E-state index is 0.728. The number of aromatic nitrogens is 3. The monoisotopic (exact) mass is 365 g/mol. The number of rotatable bonds is 3. The quantitative estimate of drug-likeness (QED) is 0.474. The van der Waals surface area contributed by atoms with Gasteiger partial charge in [-0.05, 0) is 42.8 Å². The van der Waals surface area contributed by atoms with Crippen LogP contribution in [-0.2, 0) is 7.05 Å². The van der Waals surface area contributed by atoms with Crippen LogP contribution in [-0.4, -0.2) is 14.5 Å². The Hall–Kier alpha value is -2.43. The molecule has 0 saturated carbocycles. The Labute approximate surface area is 155 Å². The van der Waals surface area contributed by atoms with E-state index in [0.29, 0.717) is 0 Å². The maximum atomic E-state index is 6.02. The largest absolute Gasteiger partial charge is 0.327 e. The minimum Gasteiger partial charge on any atom is -0.327 e. The average molecular weight is 366 g/mol. The van der Waals surface area contributed by atoms with Gasteiger partial charge in [-0.2, -0.15) is 0 Å². The summed E-state index contributed by atoms with van der Waals surface area (Å²) in [6, 6.07) is 16.0. The third-order valence-electron chi connectivity index (χ3n) is 4.06. The molecule has 3 nitrogen and oxygen atoms in total. The van der Waals surface area contributed by atoms with E-state index < -0.39 is 0 Å². The first-order chi connectivity index (χ1) is 12.1. The maximum Gasteiger partial charge on any atom is 0.143 e. The number of fused-ring (bicyclic) bond motifs is 1. The van der Waals surface area contributed by atoms with Crippen LogP contribution in [0.15, 0.2) is 53.9 Å². The number of para-hydroxylation sites is 2. The van der Waals surface area contributed by atoms with Gasteiger partial charge in [0.15, 0.2) is 0 Å². The molecule has 0 N–H and O–H groups in total. The summed E-state index contributed by atoms with van der Waals surface area (Å²) in [6.45, 7) is 2.01. The summed E-state index contributed by atoms with van der Waals surface area (Å²) >= 11 is 7.65. The zero-order chi connectivity index (χ0) is 17.4. The van der Waals surface area contributed by atoms with Gasteiger partial charge in [0.05, 0.1) is 16.6 Å². The number of hydrogen-bond acceptors (Lipinski definition) is 3. The van der Waals surface area contributed by atoms with Gasteiger partial charge >= 0.3 is 0 Å². The van der Waals surface area contributed by atoms with Gasteiger partial charge in [0.2, 0.25) is 0 Å². The van der Waals surface area contributed by atoms with E-state index >= 15 is 0 Å². The van der Waals surface area contributed by atoms with Crippen LogP contribution >= 0.6 is 22.9 Å². The molecule has 4 aromatic rings. The fraction of sp³-hybridized carbons (Fsp3) is 0.100. The Kier molecular flexibility index (Phi) is 4.15. The minimum atomic E-state index is 0.728. The van der Waals surface area contributed by atoms with E-state index in [1.165, 1.54) is 0 Å². The van der Waals surface area contributed by atoms with E-state index in [0.717, 1.165) is 43.7 Å². The predicted molar refractivity (Wildman–Crippen MR) is 106 cm³/mol. The number of nitrogens with zero attached hydrogens (tertiary/aromatic N) is 3. The molecule has 0 atom stereocenters. The Morgan fingerprint density at radius 3 is 2.52 bits per heavy atom.